The average Bonchev–Trinajstić information content (AvgIpc) is 2.90. The summed E-state index contributed by atoms with van der Waals surface area (Å²) in [7, 11) is -4.13. The molecule has 0 heterocycles. The zero-order valence-corrected chi connectivity index (χ0v) is 25.3. The minimum Gasteiger partial charge on any atom is -0.350 e. The molecule has 3 aromatic carbocycles. The van der Waals surface area contributed by atoms with Crippen molar-refractivity contribution >= 4 is 39.1 Å². The van der Waals surface area contributed by atoms with Gasteiger partial charge in [0, 0.05) is 17.1 Å². The summed E-state index contributed by atoms with van der Waals surface area (Å²) < 4.78 is 28.8. The van der Waals surface area contributed by atoms with Crippen LogP contribution in [0, 0.1) is 6.92 Å². The van der Waals surface area contributed by atoms with Gasteiger partial charge in [-0.05, 0) is 82.5 Å². The van der Waals surface area contributed by atoms with Crippen LogP contribution in [0.5, 0.6) is 0 Å². The van der Waals surface area contributed by atoms with Crippen molar-refractivity contribution in [2.24, 2.45) is 0 Å². The minimum atomic E-state index is -4.13. The summed E-state index contributed by atoms with van der Waals surface area (Å²) in [6.07, 6.45) is 0.886. The molecule has 1 N–H and O–H groups in total. The normalized spacial score (nSPS) is 12.4. The van der Waals surface area contributed by atoms with Gasteiger partial charge in [-0.3, -0.25) is 13.9 Å². The van der Waals surface area contributed by atoms with Crippen LogP contribution in [-0.4, -0.2) is 49.8 Å². The molecule has 0 spiro atoms. The van der Waals surface area contributed by atoms with Crippen LogP contribution in [0.2, 0.25) is 5.02 Å². The van der Waals surface area contributed by atoms with Gasteiger partial charge in [0.1, 0.15) is 12.6 Å². The SMILES string of the molecule is CCC(C(=O)NC(C)(C)C)N(CCc1ccccc1)C(=O)CN(c1ccc(C)cc1)S(=O)(=O)c1ccc(Cl)cc1. The molecule has 3 rings (SSSR count). The number of halogens is 1. The van der Waals surface area contributed by atoms with Gasteiger partial charge in [0.2, 0.25) is 11.8 Å². The Morgan fingerprint density at radius 2 is 1.52 bits per heavy atom. The largest absolute Gasteiger partial charge is 0.350 e. The van der Waals surface area contributed by atoms with Crippen molar-refractivity contribution in [1.82, 2.24) is 10.2 Å². The molecule has 214 valence electrons. The molecule has 0 aliphatic carbocycles. The Labute approximate surface area is 243 Å². The molecule has 0 saturated heterocycles. The summed E-state index contributed by atoms with van der Waals surface area (Å²) >= 11 is 6.01. The molecule has 7 nitrogen and oxygen atoms in total. The van der Waals surface area contributed by atoms with Gasteiger partial charge in [-0.15, -0.1) is 0 Å². The van der Waals surface area contributed by atoms with Crippen LogP contribution < -0.4 is 9.62 Å². The van der Waals surface area contributed by atoms with E-state index in [1.807, 2.05) is 65.0 Å². The van der Waals surface area contributed by atoms with Gasteiger partial charge in [-0.1, -0.05) is 66.6 Å². The fourth-order valence-electron chi connectivity index (χ4n) is 4.32. The maximum atomic E-state index is 14.0. The number of rotatable bonds is 11. The second kappa shape index (κ2) is 13.3. The van der Waals surface area contributed by atoms with Gasteiger partial charge in [-0.25, -0.2) is 8.42 Å². The van der Waals surface area contributed by atoms with Gasteiger partial charge in [0.25, 0.3) is 10.0 Å². The maximum absolute atomic E-state index is 14.0. The lowest BCUT2D eigenvalue weighted by Gasteiger charge is -2.34. The first-order valence-corrected chi connectivity index (χ1v) is 15.1. The highest BCUT2D eigenvalue weighted by Gasteiger charge is 2.34. The third kappa shape index (κ3) is 8.32. The Kier molecular flexibility index (Phi) is 10.4. The van der Waals surface area contributed by atoms with Gasteiger partial charge in [0.15, 0.2) is 0 Å². The first kappa shape index (κ1) is 31.2. The van der Waals surface area contributed by atoms with Crippen LogP contribution >= 0.6 is 11.6 Å². The number of nitrogens with zero attached hydrogens (tertiary/aromatic N) is 2. The molecule has 1 atom stereocenters. The van der Waals surface area contributed by atoms with Crippen LogP contribution in [0.25, 0.3) is 0 Å². The van der Waals surface area contributed by atoms with Crippen molar-refractivity contribution in [2.45, 2.75) is 63.9 Å². The van der Waals surface area contributed by atoms with E-state index in [9.17, 15) is 18.0 Å². The monoisotopic (exact) mass is 583 g/mol. The van der Waals surface area contributed by atoms with Crippen LogP contribution in [-0.2, 0) is 26.0 Å². The molecule has 40 heavy (non-hydrogen) atoms. The third-order valence-corrected chi connectivity index (χ3v) is 8.41. The number of nitrogens with one attached hydrogen (secondary N) is 1. The predicted octanol–water partition coefficient (Wildman–Crippen LogP) is 5.61. The van der Waals surface area contributed by atoms with Crippen LogP contribution in [0.15, 0.2) is 83.8 Å². The summed E-state index contributed by atoms with van der Waals surface area (Å²) in [6, 6.07) is 21.7. The molecule has 0 bridgehead atoms. The van der Waals surface area contributed by atoms with E-state index in [0.29, 0.717) is 23.6 Å². The average molecular weight is 584 g/mol. The number of aryl methyl sites for hydroxylation is 1. The number of benzene rings is 3. The lowest BCUT2D eigenvalue weighted by molar-refractivity contribution is -0.140. The summed E-state index contributed by atoms with van der Waals surface area (Å²) in [5, 5.41) is 3.38. The second-order valence-corrected chi connectivity index (χ2v) is 13.1. The number of sulfonamides is 1. The molecule has 0 fully saturated rings. The second-order valence-electron chi connectivity index (χ2n) is 10.8. The van der Waals surface area contributed by atoms with E-state index in [1.54, 1.807) is 24.3 Å². The predicted molar refractivity (Wildman–Crippen MR) is 161 cm³/mol. The number of anilines is 1. The third-order valence-electron chi connectivity index (χ3n) is 6.37. The lowest BCUT2D eigenvalue weighted by atomic mass is 10.1. The van der Waals surface area contributed by atoms with Gasteiger partial charge in [0.05, 0.1) is 10.6 Å². The van der Waals surface area contributed by atoms with Crippen molar-refractivity contribution in [1.29, 1.82) is 0 Å². The van der Waals surface area contributed by atoms with Crippen molar-refractivity contribution in [3.8, 4) is 0 Å². The van der Waals surface area contributed by atoms with Gasteiger partial charge >= 0.3 is 0 Å². The molecular formula is C31H38ClN3O4S. The number of carbonyl (C=O) groups is 2. The highest BCUT2D eigenvalue weighted by molar-refractivity contribution is 7.92. The molecule has 2 amide bonds. The van der Waals surface area contributed by atoms with E-state index in [0.717, 1.165) is 15.4 Å². The zero-order chi connectivity index (χ0) is 29.5. The maximum Gasteiger partial charge on any atom is 0.264 e. The molecule has 0 saturated carbocycles. The van der Waals surface area contributed by atoms with Gasteiger partial charge < -0.3 is 10.2 Å². The minimum absolute atomic E-state index is 0.0126. The molecule has 0 radical (unpaired) electrons. The smallest absolute Gasteiger partial charge is 0.264 e. The number of amides is 2. The summed E-state index contributed by atoms with van der Waals surface area (Å²) in [4.78, 5) is 28.9. The van der Waals surface area contributed by atoms with Crippen LogP contribution in [0.3, 0.4) is 0 Å². The van der Waals surface area contributed by atoms with E-state index in [2.05, 4.69) is 5.32 Å². The molecule has 0 aromatic heterocycles. The summed E-state index contributed by atoms with van der Waals surface area (Å²) in [6.45, 7) is 9.17. The molecule has 0 aliphatic heterocycles. The Balaban J connectivity index is 2.01. The van der Waals surface area contributed by atoms with E-state index in [4.69, 9.17) is 11.6 Å². The topological polar surface area (TPSA) is 86.8 Å². The number of carbonyl (C=O) groups excluding carboxylic acids is 2. The summed E-state index contributed by atoms with van der Waals surface area (Å²) in [5.41, 5.74) is 1.82. The van der Waals surface area contributed by atoms with E-state index in [1.165, 1.54) is 29.2 Å². The fourth-order valence-corrected chi connectivity index (χ4v) is 5.86. The quantitative estimate of drug-likeness (QED) is 0.318. The van der Waals surface area contributed by atoms with Crippen molar-refractivity contribution < 1.29 is 18.0 Å². The van der Waals surface area contributed by atoms with E-state index >= 15 is 0 Å². The highest BCUT2D eigenvalue weighted by Crippen LogP contribution is 2.26. The van der Waals surface area contributed by atoms with Gasteiger partial charge in [-0.2, -0.15) is 0 Å². The molecule has 3 aromatic rings. The van der Waals surface area contributed by atoms with E-state index < -0.39 is 34.1 Å². The van der Waals surface area contributed by atoms with Crippen LogP contribution in [0.4, 0.5) is 5.69 Å². The zero-order valence-electron chi connectivity index (χ0n) is 23.7. The first-order valence-electron chi connectivity index (χ1n) is 13.3. The van der Waals surface area contributed by atoms with Crippen LogP contribution in [0.1, 0.15) is 45.2 Å². The molecule has 1 unspecified atom stereocenters. The Morgan fingerprint density at radius 3 is 2.08 bits per heavy atom. The first-order chi connectivity index (χ1) is 18.8. The molecular weight excluding hydrogens is 546 g/mol. The Bertz CT molecular complexity index is 1390. The van der Waals surface area contributed by atoms with Crippen molar-refractivity contribution in [3.05, 3.63) is 95.0 Å². The van der Waals surface area contributed by atoms with Crippen molar-refractivity contribution in [2.75, 3.05) is 17.4 Å². The van der Waals surface area contributed by atoms with Crippen molar-refractivity contribution in [3.63, 3.8) is 0 Å². The Hall–Kier alpha value is -3.36. The summed E-state index contributed by atoms with van der Waals surface area (Å²) in [5.74, 6) is -0.746. The molecule has 0 aliphatic rings. The lowest BCUT2D eigenvalue weighted by Crippen LogP contribution is -2.56. The number of hydrogen-bond acceptors (Lipinski definition) is 4. The van der Waals surface area contributed by atoms with E-state index in [-0.39, 0.29) is 17.3 Å². The Morgan fingerprint density at radius 1 is 0.925 bits per heavy atom. The fraction of sp³-hybridized carbons (Fsp3) is 0.355. The highest BCUT2D eigenvalue weighted by atomic mass is 35.5. The standard InChI is InChI=1S/C31H38ClN3O4S/c1-6-28(30(37)33-31(3,4)5)34(21-20-24-10-8-7-9-11-24)29(36)22-35(26-16-12-23(2)13-17-26)40(38,39)27-18-14-25(32)15-19-27/h7-19,28H,6,20-22H2,1-5H3,(H,33,37). The molecule has 9 heteroatoms. The number of hydrogen-bond donors (Lipinski definition) is 1.